The van der Waals surface area contributed by atoms with Gasteiger partial charge in [0, 0.05) is 12.5 Å². The maximum absolute atomic E-state index is 11.5. The summed E-state index contributed by atoms with van der Waals surface area (Å²) in [6, 6.07) is 0.639. The fourth-order valence-corrected chi connectivity index (χ4v) is 2.48. The standard InChI is InChI=1S/C12H21NO/c14-12(8-10-4-3-5-10)9-13-11-6-1-2-7-11/h10-11,13H,1-9H2. The summed E-state index contributed by atoms with van der Waals surface area (Å²) in [5, 5.41) is 3.39. The van der Waals surface area contributed by atoms with E-state index in [4.69, 9.17) is 0 Å². The quantitative estimate of drug-likeness (QED) is 0.729. The molecule has 0 saturated heterocycles. The summed E-state index contributed by atoms with van der Waals surface area (Å²) >= 11 is 0. The minimum atomic E-state index is 0.432. The smallest absolute Gasteiger partial charge is 0.146 e. The summed E-state index contributed by atoms with van der Waals surface area (Å²) < 4.78 is 0. The van der Waals surface area contributed by atoms with Gasteiger partial charge in [0.05, 0.1) is 6.54 Å². The fraction of sp³-hybridized carbons (Fsp3) is 0.917. The van der Waals surface area contributed by atoms with Crippen molar-refractivity contribution in [3.63, 3.8) is 0 Å². The van der Waals surface area contributed by atoms with Crippen LogP contribution in [0.15, 0.2) is 0 Å². The van der Waals surface area contributed by atoms with E-state index >= 15 is 0 Å². The highest BCUT2D eigenvalue weighted by Crippen LogP contribution is 2.29. The molecule has 80 valence electrons. The molecule has 2 rings (SSSR count). The average Bonchev–Trinajstić information content (AvgIpc) is 2.60. The molecule has 2 fully saturated rings. The monoisotopic (exact) mass is 195 g/mol. The first kappa shape index (κ1) is 10.2. The van der Waals surface area contributed by atoms with Gasteiger partial charge in [0.1, 0.15) is 5.78 Å². The van der Waals surface area contributed by atoms with Crippen molar-refractivity contribution in [1.29, 1.82) is 0 Å². The summed E-state index contributed by atoms with van der Waals surface area (Å²) in [6.45, 7) is 0.626. The lowest BCUT2D eigenvalue weighted by Gasteiger charge is -2.24. The lowest BCUT2D eigenvalue weighted by atomic mass is 9.82. The largest absolute Gasteiger partial charge is 0.307 e. The van der Waals surface area contributed by atoms with Gasteiger partial charge in [0.25, 0.3) is 0 Å². The van der Waals surface area contributed by atoms with Crippen LogP contribution in [0.25, 0.3) is 0 Å². The van der Waals surface area contributed by atoms with Crippen LogP contribution in [0.5, 0.6) is 0 Å². The van der Waals surface area contributed by atoms with Crippen molar-refractivity contribution in [2.45, 2.75) is 57.4 Å². The zero-order chi connectivity index (χ0) is 9.80. The minimum absolute atomic E-state index is 0.432. The number of rotatable bonds is 5. The van der Waals surface area contributed by atoms with Crippen molar-refractivity contribution < 1.29 is 4.79 Å². The zero-order valence-corrected chi connectivity index (χ0v) is 8.93. The molecule has 2 aliphatic rings. The molecule has 0 amide bonds. The number of hydrogen-bond donors (Lipinski definition) is 1. The Morgan fingerprint density at radius 3 is 2.36 bits per heavy atom. The van der Waals surface area contributed by atoms with Crippen molar-refractivity contribution >= 4 is 5.78 Å². The molecule has 0 atom stereocenters. The van der Waals surface area contributed by atoms with E-state index in [9.17, 15) is 4.79 Å². The van der Waals surface area contributed by atoms with Gasteiger partial charge in [-0.2, -0.15) is 0 Å². The van der Waals surface area contributed by atoms with Crippen molar-refractivity contribution in [2.24, 2.45) is 5.92 Å². The van der Waals surface area contributed by atoms with Gasteiger partial charge in [-0.15, -0.1) is 0 Å². The molecule has 2 heteroatoms. The zero-order valence-electron chi connectivity index (χ0n) is 8.93. The van der Waals surface area contributed by atoms with E-state index in [-0.39, 0.29) is 0 Å². The molecule has 2 saturated carbocycles. The third kappa shape index (κ3) is 2.81. The van der Waals surface area contributed by atoms with E-state index in [1.54, 1.807) is 0 Å². The molecule has 0 aromatic carbocycles. The van der Waals surface area contributed by atoms with Crippen LogP contribution in [0.4, 0.5) is 0 Å². The van der Waals surface area contributed by atoms with Crippen LogP contribution in [0, 0.1) is 5.92 Å². The normalized spacial score (nSPS) is 23.7. The van der Waals surface area contributed by atoms with Crippen LogP contribution >= 0.6 is 0 Å². The topological polar surface area (TPSA) is 29.1 Å². The lowest BCUT2D eigenvalue weighted by molar-refractivity contribution is -0.119. The van der Waals surface area contributed by atoms with E-state index in [0.29, 0.717) is 18.4 Å². The second kappa shape index (κ2) is 4.92. The van der Waals surface area contributed by atoms with Crippen LogP contribution in [-0.4, -0.2) is 18.4 Å². The van der Waals surface area contributed by atoms with Gasteiger partial charge in [0.15, 0.2) is 0 Å². The molecule has 0 aromatic heterocycles. The summed E-state index contributed by atoms with van der Waals surface area (Å²) in [5.41, 5.74) is 0. The number of carbonyl (C=O) groups excluding carboxylic acids is 1. The van der Waals surface area contributed by atoms with Crippen molar-refractivity contribution in [3.05, 3.63) is 0 Å². The summed E-state index contributed by atoms with van der Waals surface area (Å²) in [5.74, 6) is 1.16. The maximum atomic E-state index is 11.5. The lowest BCUT2D eigenvalue weighted by Crippen LogP contribution is -2.32. The number of carbonyl (C=O) groups is 1. The molecule has 0 aromatic rings. The summed E-state index contributed by atoms with van der Waals surface area (Å²) in [4.78, 5) is 11.5. The minimum Gasteiger partial charge on any atom is -0.307 e. The first-order chi connectivity index (χ1) is 6.84. The Labute approximate surface area is 86.5 Å². The Morgan fingerprint density at radius 2 is 1.79 bits per heavy atom. The second-order valence-electron chi connectivity index (χ2n) is 4.90. The van der Waals surface area contributed by atoms with E-state index in [1.165, 1.54) is 44.9 Å². The number of Topliss-reactive ketones (excluding diaryl/α,β-unsaturated/α-hetero) is 1. The molecular formula is C12H21NO. The van der Waals surface area contributed by atoms with E-state index in [2.05, 4.69) is 5.32 Å². The van der Waals surface area contributed by atoms with E-state index < -0.39 is 0 Å². The van der Waals surface area contributed by atoms with E-state index in [0.717, 1.165) is 12.3 Å². The number of nitrogens with one attached hydrogen (secondary N) is 1. The van der Waals surface area contributed by atoms with E-state index in [1.807, 2.05) is 0 Å². The molecule has 0 unspecified atom stereocenters. The third-order valence-corrected chi connectivity index (χ3v) is 3.68. The second-order valence-corrected chi connectivity index (χ2v) is 4.90. The first-order valence-corrected chi connectivity index (χ1v) is 6.09. The van der Waals surface area contributed by atoms with Crippen LogP contribution in [0.3, 0.4) is 0 Å². The van der Waals surface area contributed by atoms with Crippen molar-refractivity contribution in [2.75, 3.05) is 6.54 Å². The Bertz CT molecular complexity index is 192. The van der Waals surface area contributed by atoms with Gasteiger partial charge in [-0.05, 0) is 18.8 Å². The summed E-state index contributed by atoms with van der Waals surface area (Å²) in [7, 11) is 0. The Balaban J connectivity index is 1.57. The van der Waals surface area contributed by atoms with Crippen LogP contribution < -0.4 is 5.32 Å². The molecule has 0 aliphatic heterocycles. The molecule has 0 heterocycles. The molecule has 0 radical (unpaired) electrons. The van der Waals surface area contributed by atoms with Gasteiger partial charge in [-0.25, -0.2) is 0 Å². The number of ketones is 1. The molecule has 1 N–H and O–H groups in total. The van der Waals surface area contributed by atoms with Crippen molar-refractivity contribution in [1.82, 2.24) is 5.32 Å². The highest BCUT2D eigenvalue weighted by atomic mass is 16.1. The van der Waals surface area contributed by atoms with Crippen LogP contribution in [-0.2, 0) is 4.79 Å². The number of hydrogen-bond acceptors (Lipinski definition) is 2. The first-order valence-electron chi connectivity index (χ1n) is 6.09. The molecule has 14 heavy (non-hydrogen) atoms. The molecule has 0 bridgehead atoms. The predicted molar refractivity (Wildman–Crippen MR) is 57.2 cm³/mol. The third-order valence-electron chi connectivity index (χ3n) is 3.68. The molecular weight excluding hydrogens is 174 g/mol. The molecule has 0 spiro atoms. The SMILES string of the molecule is O=C(CNC1CCCC1)CC1CCC1. The van der Waals surface area contributed by atoms with Gasteiger partial charge in [-0.1, -0.05) is 32.1 Å². The Kier molecular flexibility index (Phi) is 3.57. The highest BCUT2D eigenvalue weighted by molar-refractivity contribution is 5.80. The molecule has 2 aliphatic carbocycles. The maximum Gasteiger partial charge on any atom is 0.146 e. The Hall–Kier alpha value is -0.370. The van der Waals surface area contributed by atoms with Gasteiger partial charge in [-0.3, -0.25) is 4.79 Å². The predicted octanol–water partition coefficient (Wildman–Crippen LogP) is 2.28. The average molecular weight is 195 g/mol. The summed E-state index contributed by atoms with van der Waals surface area (Å²) in [6.07, 6.45) is 9.98. The van der Waals surface area contributed by atoms with Gasteiger partial charge in [0.2, 0.25) is 0 Å². The van der Waals surface area contributed by atoms with Crippen molar-refractivity contribution in [3.8, 4) is 0 Å². The van der Waals surface area contributed by atoms with Crippen LogP contribution in [0.2, 0.25) is 0 Å². The Morgan fingerprint density at radius 1 is 1.07 bits per heavy atom. The fourth-order valence-electron chi connectivity index (χ4n) is 2.48. The van der Waals surface area contributed by atoms with Gasteiger partial charge >= 0.3 is 0 Å². The van der Waals surface area contributed by atoms with Gasteiger partial charge < -0.3 is 5.32 Å². The molecule has 2 nitrogen and oxygen atoms in total. The highest BCUT2D eigenvalue weighted by Gasteiger charge is 2.21. The van der Waals surface area contributed by atoms with Crippen LogP contribution in [0.1, 0.15) is 51.4 Å².